The lowest BCUT2D eigenvalue weighted by Gasteiger charge is -2.26. The van der Waals surface area contributed by atoms with E-state index in [2.05, 4.69) is 9.88 Å². The molecule has 3 aromatic rings. The van der Waals surface area contributed by atoms with Crippen LogP contribution in [0.1, 0.15) is 18.4 Å². The van der Waals surface area contributed by atoms with Gasteiger partial charge in [-0.05, 0) is 55.8 Å². The molecule has 1 fully saturated rings. The van der Waals surface area contributed by atoms with E-state index in [0.717, 1.165) is 25.2 Å². The first-order chi connectivity index (χ1) is 15.0. The number of fused-ring (bicyclic) bond motifs is 1. The molecule has 0 saturated carbocycles. The van der Waals surface area contributed by atoms with Gasteiger partial charge in [-0.2, -0.15) is 0 Å². The maximum absolute atomic E-state index is 13.3. The van der Waals surface area contributed by atoms with Crippen LogP contribution in [0.3, 0.4) is 0 Å². The molecule has 4 rings (SSSR count). The summed E-state index contributed by atoms with van der Waals surface area (Å²) < 4.78 is 1.49. The van der Waals surface area contributed by atoms with Crippen molar-refractivity contribution in [3.63, 3.8) is 0 Å². The number of carbonyl (C=O) groups excluding carboxylic acids is 1. The number of hydrogen-bond acceptors (Lipinski definition) is 4. The van der Waals surface area contributed by atoms with Crippen molar-refractivity contribution in [2.24, 2.45) is 0 Å². The van der Waals surface area contributed by atoms with Crippen LogP contribution in [0.25, 0.3) is 11.0 Å². The number of amides is 1. The molecule has 2 aromatic carbocycles. The average molecular weight is 459 g/mol. The molecule has 0 unspecified atom stereocenters. The van der Waals surface area contributed by atoms with Crippen molar-refractivity contribution in [2.45, 2.75) is 25.9 Å². The van der Waals surface area contributed by atoms with Crippen LogP contribution >= 0.6 is 23.2 Å². The Kier molecular flexibility index (Phi) is 6.90. The Hall–Kier alpha value is -2.41. The van der Waals surface area contributed by atoms with Gasteiger partial charge in [0.2, 0.25) is 5.91 Å². The fourth-order valence-electron chi connectivity index (χ4n) is 3.93. The van der Waals surface area contributed by atoms with Gasteiger partial charge in [0.25, 0.3) is 5.56 Å². The lowest BCUT2D eigenvalue weighted by molar-refractivity contribution is -0.132. The molecular formula is C23H24Cl2N4O2. The third-order valence-electron chi connectivity index (χ3n) is 5.64. The van der Waals surface area contributed by atoms with Crippen LogP contribution in [-0.4, -0.2) is 51.4 Å². The molecule has 1 saturated heterocycles. The summed E-state index contributed by atoms with van der Waals surface area (Å²) in [5.74, 6) is -0.122. The van der Waals surface area contributed by atoms with Crippen molar-refractivity contribution in [1.82, 2.24) is 19.4 Å². The second kappa shape index (κ2) is 9.81. The van der Waals surface area contributed by atoms with Crippen LogP contribution in [0.4, 0.5) is 0 Å². The minimum absolute atomic E-state index is 0.0385. The van der Waals surface area contributed by atoms with Crippen molar-refractivity contribution < 1.29 is 4.79 Å². The largest absolute Gasteiger partial charge is 0.336 e. The standard InChI is InChI=1S/C23H24Cl2N4O2/c24-18-8-7-17(13-19(18)25)15-28(12-11-27-9-3-4-10-27)23(31)16-29-21-6-2-1-5-20(21)26-14-22(29)30/h1-2,5-8,13-14H,3-4,9-12,15-16H2. The molecule has 0 bridgehead atoms. The quantitative estimate of drug-likeness (QED) is 0.539. The Bertz CT molecular complexity index is 1140. The summed E-state index contributed by atoms with van der Waals surface area (Å²) in [5, 5.41) is 0.942. The van der Waals surface area contributed by atoms with E-state index < -0.39 is 0 Å². The predicted octanol–water partition coefficient (Wildman–Crippen LogP) is 3.83. The van der Waals surface area contributed by atoms with E-state index in [0.29, 0.717) is 34.2 Å². The second-order valence-corrected chi connectivity index (χ2v) is 8.60. The van der Waals surface area contributed by atoms with Crippen molar-refractivity contribution in [1.29, 1.82) is 0 Å². The summed E-state index contributed by atoms with van der Waals surface area (Å²) in [6.07, 6.45) is 3.65. The Balaban J connectivity index is 1.57. The third kappa shape index (κ3) is 5.26. The van der Waals surface area contributed by atoms with Gasteiger partial charge in [0.1, 0.15) is 6.54 Å². The van der Waals surface area contributed by atoms with E-state index >= 15 is 0 Å². The number of hydrogen-bond donors (Lipinski definition) is 0. The van der Waals surface area contributed by atoms with Crippen molar-refractivity contribution in [2.75, 3.05) is 26.2 Å². The molecule has 1 aromatic heterocycles. The third-order valence-corrected chi connectivity index (χ3v) is 6.38. The van der Waals surface area contributed by atoms with Gasteiger partial charge in [0, 0.05) is 19.6 Å². The number of benzene rings is 2. The maximum Gasteiger partial charge on any atom is 0.269 e. The second-order valence-electron chi connectivity index (χ2n) is 7.78. The molecular weight excluding hydrogens is 435 g/mol. The zero-order valence-electron chi connectivity index (χ0n) is 17.1. The lowest BCUT2D eigenvalue weighted by atomic mass is 10.2. The summed E-state index contributed by atoms with van der Waals surface area (Å²) >= 11 is 12.2. The fraction of sp³-hybridized carbons (Fsp3) is 0.348. The molecule has 31 heavy (non-hydrogen) atoms. The van der Waals surface area contributed by atoms with Crippen LogP contribution in [-0.2, 0) is 17.9 Å². The summed E-state index contributed by atoms with van der Waals surface area (Å²) in [6.45, 7) is 3.87. The highest BCUT2D eigenvalue weighted by Gasteiger charge is 2.19. The molecule has 1 amide bonds. The molecule has 6 nitrogen and oxygen atoms in total. The number of likely N-dealkylation sites (tertiary alicyclic amines) is 1. The van der Waals surface area contributed by atoms with Gasteiger partial charge in [-0.1, -0.05) is 41.4 Å². The lowest BCUT2D eigenvalue weighted by Crippen LogP contribution is -2.40. The van der Waals surface area contributed by atoms with Gasteiger partial charge in [-0.3, -0.25) is 14.2 Å². The normalized spacial score (nSPS) is 14.3. The Morgan fingerprint density at radius 1 is 1.06 bits per heavy atom. The van der Waals surface area contributed by atoms with Crippen molar-refractivity contribution >= 4 is 40.1 Å². The molecule has 0 aliphatic carbocycles. The Morgan fingerprint density at radius 3 is 2.61 bits per heavy atom. The number of nitrogens with zero attached hydrogens (tertiary/aromatic N) is 4. The molecule has 0 radical (unpaired) electrons. The van der Waals surface area contributed by atoms with Crippen LogP contribution in [0.15, 0.2) is 53.5 Å². The first kappa shape index (κ1) is 21.8. The number of rotatable bonds is 7. The highest BCUT2D eigenvalue weighted by molar-refractivity contribution is 6.42. The monoisotopic (exact) mass is 458 g/mol. The number of carbonyl (C=O) groups is 1. The van der Waals surface area contributed by atoms with Crippen LogP contribution in [0.2, 0.25) is 10.0 Å². The van der Waals surface area contributed by atoms with Gasteiger partial charge >= 0.3 is 0 Å². The Labute approximate surface area is 191 Å². The van der Waals surface area contributed by atoms with Crippen LogP contribution in [0, 0.1) is 0 Å². The molecule has 1 aliphatic heterocycles. The predicted molar refractivity (Wildman–Crippen MR) is 124 cm³/mol. The molecule has 0 N–H and O–H groups in total. The van der Waals surface area contributed by atoms with Gasteiger partial charge < -0.3 is 9.80 Å². The smallest absolute Gasteiger partial charge is 0.269 e. The molecule has 8 heteroatoms. The highest BCUT2D eigenvalue weighted by atomic mass is 35.5. The minimum Gasteiger partial charge on any atom is -0.336 e. The summed E-state index contributed by atoms with van der Waals surface area (Å²) in [6, 6.07) is 12.7. The van der Waals surface area contributed by atoms with Crippen LogP contribution < -0.4 is 5.56 Å². The first-order valence-electron chi connectivity index (χ1n) is 10.4. The zero-order valence-corrected chi connectivity index (χ0v) is 18.6. The van der Waals surface area contributed by atoms with E-state index in [-0.39, 0.29) is 18.0 Å². The van der Waals surface area contributed by atoms with Crippen LogP contribution in [0.5, 0.6) is 0 Å². The van der Waals surface area contributed by atoms with E-state index in [1.54, 1.807) is 17.0 Å². The Morgan fingerprint density at radius 2 is 1.84 bits per heavy atom. The highest BCUT2D eigenvalue weighted by Crippen LogP contribution is 2.23. The number of para-hydroxylation sites is 2. The summed E-state index contributed by atoms with van der Waals surface area (Å²) in [4.78, 5) is 34.2. The van der Waals surface area contributed by atoms with E-state index in [9.17, 15) is 9.59 Å². The molecule has 0 spiro atoms. The SMILES string of the molecule is O=C(Cn1c(=O)cnc2ccccc21)N(CCN1CCCC1)Cc1ccc(Cl)c(Cl)c1. The molecule has 162 valence electrons. The van der Waals surface area contributed by atoms with Gasteiger partial charge in [-0.15, -0.1) is 0 Å². The first-order valence-corrected chi connectivity index (χ1v) is 11.2. The topological polar surface area (TPSA) is 58.4 Å². The van der Waals surface area contributed by atoms with Gasteiger partial charge in [-0.25, -0.2) is 4.98 Å². The maximum atomic E-state index is 13.3. The van der Waals surface area contributed by atoms with Gasteiger partial charge in [0.05, 0.1) is 27.3 Å². The molecule has 1 aliphatic rings. The van der Waals surface area contributed by atoms with Crippen molar-refractivity contribution in [3.05, 3.63) is 74.6 Å². The zero-order chi connectivity index (χ0) is 21.8. The summed E-state index contributed by atoms with van der Waals surface area (Å²) in [5.41, 5.74) is 1.94. The number of aromatic nitrogens is 2. The average Bonchev–Trinajstić information content (AvgIpc) is 3.29. The molecule has 0 atom stereocenters. The van der Waals surface area contributed by atoms with E-state index in [1.807, 2.05) is 30.3 Å². The van der Waals surface area contributed by atoms with Gasteiger partial charge in [0.15, 0.2) is 0 Å². The number of halogens is 2. The fourth-order valence-corrected chi connectivity index (χ4v) is 4.25. The summed E-state index contributed by atoms with van der Waals surface area (Å²) in [7, 11) is 0. The van der Waals surface area contributed by atoms with Crippen molar-refractivity contribution in [3.8, 4) is 0 Å². The van der Waals surface area contributed by atoms with E-state index in [4.69, 9.17) is 23.2 Å². The van der Waals surface area contributed by atoms with E-state index in [1.165, 1.54) is 23.6 Å². The minimum atomic E-state index is -0.291. The molecule has 2 heterocycles.